The minimum atomic E-state index is -4.76. The number of nitrogens with zero attached hydrogens (tertiary/aromatic N) is 5. The van der Waals surface area contributed by atoms with E-state index < -0.39 is 54.7 Å². The Labute approximate surface area is 342 Å². The summed E-state index contributed by atoms with van der Waals surface area (Å²) in [4.78, 5) is 30.9. The number of carboxylic acids is 1. The molecule has 3 aliphatic rings. The van der Waals surface area contributed by atoms with Crippen LogP contribution in [-0.4, -0.2) is 87.6 Å². The van der Waals surface area contributed by atoms with Crippen LogP contribution in [0.15, 0.2) is 59.7 Å². The van der Waals surface area contributed by atoms with Crippen molar-refractivity contribution >= 4 is 54.5 Å². The van der Waals surface area contributed by atoms with Crippen LogP contribution in [0.2, 0.25) is 0 Å². The van der Waals surface area contributed by atoms with Crippen molar-refractivity contribution in [2.45, 2.75) is 64.5 Å². The number of hydrogen-bond donors (Lipinski definition) is 1. The maximum Gasteiger partial charge on any atom is 0.251 e. The zero-order chi connectivity index (χ0) is 43.2. The third kappa shape index (κ3) is 9.06. The Hall–Kier alpha value is -5.52. The van der Waals surface area contributed by atoms with Crippen LogP contribution in [0.5, 0.6) is 11.5 Å². The number of unbranched alkanes of at least 4 members (excludes halogenated alkanes) is 3. The Morgan fingerprint density at radius 1 is 0.864 bits per heavy atom. The zero-order valence-electron chi connectivity index (χ0n) is 33.5. The van der Waals surface area contributed by atoms with Crippen LogP contribution in [0, 0.1) is 0 Å². The second kappa shape index (κ2) is 15.9. The van der Waals surface area contributed by atoms with E-state index in [1.807, 2.05) is 37.2 Å². The molecule has 0 atom stereocenters. The zero-order valence-corrected chi connectivity index (χ0v) is 35.1. The van der Waals surface area contributed by atoms with E-state index in [2.05, 4.69) is 15.3 Å². The number of carboxylic acid groups (broad SMARTS) is 1. The Bertz CT molecular complexity index is 2770. The van der Waals surface area contributed by atoms with Crippen molar-refractivity contribution in [3.8, 4) is 11.5 Å². The van der Waals surface area contributed by atoms with Crippen molar-refractivity contribution in [1.82, 2.24) is 9.89 Å². The minimum absolute atomic E-state index is 0.0461. The first-order chi connectivity index (χ1) is 27.5. The number of ether oxygens (including phenoxy) is 1. The van der Waals surface area contributed by atoms with E-state index in [0.29, 0.717) is 58.9 Å². The van der Waals surface area contributed by atoms with Gasteiger partial charge in [0.25, 0.3) is 5.91 Å². The van der Waals surface area contributed by atoms with Crippen LogP contribution < -0.4 is 35.2 Å². The Morgan fingerprint density at radius 2 is 1.53 bits per heavy atom. The lowest BCUT2D eigenvalue weighted by Crippen LogP contribution is -2.47. The van der Waals surface area contributed by atoms with Gasteiger partial charge in [-0.3, -0.25) is 4.79 Å². The average Bonchev–Trinajstić information content (AvgIpc) is 3.13. The highest BCUT2D eigenvalue weighted by Gasteiger charge is 2.36. The van der Waals surface area contributed by atoms with Crippen molar-refractivity contribution in [1.29, 1.82) is 0 Å². The number of carbonyl (C=O) groups excluding carboxylic acids is 2. The summed E-state index contributed by atoms with van der Waals surface area (Å²) >= 11 is 0. The molecular weight excluding hydrogens is 801 g/mol. The number of benzene rings is 3. The van der Waals surface area contributed by atoms with Crippen LogP contribution in [0.1, 0.15) is 96.3 Å². The topological polar surface area (TPSA) is 248 Å². The molecule has 0 fully saturated rings. The molecule has 312 valence electrons. The van der Waals surface area contributed by atoms with Crippen LogP contribution in [0.4, 0.5) is 5.69 Å². The number of anilines is 1. The van der Waals surface area contributed by atoms with E-state index in [9.17, 15) is 40.6 Å². The third-order valence-corrected chi connectivity index (χ3v) is 12.5. The highest BCUT2D eigenvalue weighted by Crippen LogP contribution is 2.46. The molecule has 0 bridgehead atoms. The van der Waals surface area contributed by atoms with E-state index >= 15 is 0 Å². The van der Waals surface area contributed by atoms with Gasteiger partial charge in [0.1, 0.15) is 18.5 Å². The molecule has 3 aliphatic heterocycles. The van der Waals surface area contributed by atoms with E-state index in [4.69, 9.17) is 10.3 Å². The van der Waals surface area contributed by atoms with Crippen LogP contribution in [0.25, 0.3) is 27.2 Å². The number of fused-ring (bicyclic) bond motifs is 4. The van der Waals surface area contributed by atoms with E-state index in [-0.39, 0.29) is 44.9 Å². The molecule has 3 aromatic carbocycles. The minimum Gasteiger partial charge on any atom is -0.748 e. The molecule has 0 aromatic heterocycles. The predicted octanol–water partition coefficient (Wildman–Crippen LogP) is 3.00. The summed E-state index contributed by atoms with van der Waals surface area (Å²) in [5, 5.41) is 20.2. The molecule has 3 aromatic rings. The number of likely N-dealkylation sites (N-methyl/N-ethyl adjacent to an activating group) is 2. The number of hydrogen-bond acceptors (Lipinski definition) is 12. The Kier molecular flexibility index (Phi) is 11.6. The number of carbonyl (C=O) groups is 2. The van der Waals surface area contributed by atoms with Gasteiger partial charge in [-0.15, -0.1) is 0 Å². The quantitative estimate of drug-likeness (QED) is 0.0483. The third-order valence-electron chi connectivity index (χ3n) is 11.1. The summed E-state index contributed by atoms with van der Waals surface area (Å²) in [5.74, 6) is -3.23. The molecule has 1 amide bonds. The van der Waals surface area contributed by atoms with Gasteiger partial charge in [0.05, 0.1) is 54.9 Å². The first-order valence-corrected chi connectivity index (χ1v) is 22.0. The molecule has 0 saturated carbocycles. The van der Waals surface area contributed by atoms with Crippen LogP contribution in [0.3, 0.4) is 0 Å². The van der Waals surface area contributed by atoms with Crippen molar-refractivity contribution in [2.24, 2.45) is 5.11 Å². The molecule has 1 N–H and O–H groups in total. The molecule has 18 heteroatoms. The van der Waals surface area contributed by atoms with Gasteiger partial charge in [0.15, 0.2) is 5.54 Å². The van der Waals surface area contributed by atoms with Gasteiger partial charge in [-0.2, -0.15) is 0 Å². The largest absolute Gasteiger partial charge is 0.748 e. The predicted molar refractivity (Wildman–Crippen MR) is 218 cm³/mol. The lowest BCUT2D eigenvalue weighted by molar-refractivity contribution is -0.255. The van der Waals surface area contributed by atoms with Crippen molar-refractivity contribution in [3.63, 3.8) is 0 Å². The summed E-state index contributed by atoms with van der Waals surface area (Å²) in [6, 6.07) is 10.8. The Morgan fingerprint density at radius 3 is 2.17 bits per heavy atom. The summed E-state index contributed by atoms with van der Waals surface area (Å²) < 4.78 is 81.7. The van der Waals surface area contributed by atoms with Gasteiger partial charge in [0, 0.05) is 83.7 Å². The normalized spacial score (nSPS) is 16.3. The monoisotopic (exact) mass is 844 g/mol. The standard InChI is InChI=1S/C41H46N6O10S2/c1-40(2)20-25(22-58(51,52)53)28-16-31-35(18-33(28)46(40)5)57-36-19-34-29(26(23-59(54,55)56)21-41(3,4)47(34)6)17-32(36)37(31)27-12-11-24(15-30(27)39(49)50)38(48)43-13-9-7-8-10-14-44-45-42/h11-12,15-21H,7-10,13-14,22-23H2,1-6H3,(H3-,43,48,49,50,51,52,53,54,55,56)/p-2. The molecular formula is C41H44N6O10S2-2. The number of amides is 1. The number of rotatable bonds is 14. The second-order valence-electron chi connectivity index (χ2n) is 16.0. The first kappa shape index (κ1) is 43.1. The van der Waals surface area contributed by atoms with Gasteiger partial charge in [0.2, 0.25) is 5.36 Å². The lowest BCUT2D eigenvalue weighted by atomic mass is 9.83. The molecule has 6 rings (SSSR count). The summed E-state index contributed by atoms with van der Waals surface area (Å²) in [7, 11) is -5.91. The SMILES string of the molecule is CN1c2cc3c(cc2C(CS(=O)(=O)[O-])=CC1(C)C)C(c1ccc(C(=O)NCCCCCCN=[N+]=[N-])cc1C(=O)[O-])=c1cc2c(cc1O3)=[N+](C)C(C)(C)C=C2CS(=O)(=O)[O-]. The number of aromatic carboxylic acids is 1. The Balaban J connectivity index is 1.59. The van der Waals surface area contributed by atoms with E-state index in [1.165, 1.54) is 18.2 Å². The number of azide groups is 1. The fourth-order valence-corrected chi connectivity index (χ4v) is 9.09. The maximum absolute atomic E-state index is 13.3. The van der Waals surface area contributed by atoms with Gasteiger partial charge < -0.3 is 34.0 Å². The summed E-state index contributed by atoms with van der Waals surface area (Å²) in [6.07, 6.45) is 6.29. The fourth-order valence-electron chi connectivity index (χ4n) is 7.85. The highest BCUT2D eigenvalue weighted by atomic mass is 32.2. The van der Waals surface area contributed by atoms with E-state index in [1.54, 1.807) is 50.5 Å². The lowest BCUT2D eigenvalue weighted by Gasteiger charge is -2.42. The molecule has 0 radical (unpaired) electrons. The molecule has 0 unspecified atom stereocenters. The average molecular weight is 845 g/mol. The van der Waals surface area contributed by atoms with Crippen molar-refractivity contribution in [3.05, 3.63) is 109 Å². The first-order valence-electron chi connectivity index (χ1n) is 18.9. The van der Waals surface area contributed by atoms with Crippen LogP contribution >= 0.6 is 0 Å². The van der Waals surface area contributed by atoms with Crippen molar-refractivity contribution in [2.75, 3.05) is 43.6 Å². The molecule has 0 saturated heterocycles. The maximum atomic E-state index is 13.3. The van der Waals surface area contributed by atoms with Gasteiger partial charge in [-0.05, 0) is 79.3 Å². The molecule has 16 nitrogen and oxygen atoms in total. The fraction of sp³-hybridized carbons (Fsp3) is 0.390. The second-order valence-corrected chi connectivity index (χ2v) is 18.9. The summed E-state index contributed by atoms with van der Waals surface area (Å²) in [6.45, 7) is 8.13. The van der Waals surface area contributed by atoms with E-state index in [0.717, 1.165) is 12.8 Å². The van der Waals surface area contributed by atoms with Gasteiger partial charge >= 0.3 is 0 Å². The molecule has 0 aliphatic carbocycles. The molecule has 3 heterocycles. The molecule has 59 heavy (non-hydrogen) atoms. The van der Waals surface area contributed by atoms with Gasteiger partial charge in [-0.25, -0.2) is 21.4 Å². The van der Waals surface area contributed by atoms with Crippen molar-refractivity contribution < 1.29 is 45.4 Å². The van der Waals surface area contributed by atoms with Gasteiger partial charge in [-0.1, -0.05) is 30.1 Å². The highest BCUT2D eigenvalue weighted by molar-refractivity contribution is 7.86. The number of nitrogens with one attached hydrogen (secondary N) is 1. The summed E-state index contributed by atoms with van der Waals surface area (Å²) in [5.41, 5.74) is 9.12. The van der Waals surface area contributed by atoms with Crippen LogP contribution in [-0.2, 0) is 20.2 Å². The molecule has 0 spiro atoms. The smallest absolute Gasteiger partial charge is 0.251 e.